The van der Waals surface area contributed by atoms with E-state index in [2.05, 4.69) is 5.32 Å². The van der Waals surface area contributed by atoms with Crippen molar-refractivity contribution in [2.24, 2.45) is 5.92 Å². The van der Waals surface area contributed by atoms with Crippen molar-refractivity contribution in [2.45, 2.75) is 6.42 Å². The van der Waals surface area contributed by atoms with Gasteiger partial charge in [-0.3, -0.25) is 19.3 Å². The molecule has 0 radical (unpaired) electrons. The van der Waals surface area contributed by atoms with Gasteiger partial charge < -0.3 is 10.4 Å². The molecule has 6 nitrogen and oxygen atoms in total. The Bertz CT molecular complexity index is 696. The lowest BCUT2D eigenvalue weighted by Gasteiger charge is -2.12. The third kappa shape index (κ3) is 2.35. The van der Waals surface area contributed by atoms with E-state index in [0.717, 1.165) is 0 Å². The number of nitrogens with zero attached hydrogens (tertiary/aromatic N) is 1. The molecule has 1 saturated heterocycles. The lowest BCUT2D eigenvalue weighted by Crippen LogP contribution is -2.29. The second-order valence-corrected chi connectivity index (χ2v) is 5.60. The molecular weight excluding hydrogens is 308 g/mol. The summed E-state index contributed by atoms with van der Waals surface area (Å²) in [6.45, 7) is 1.000. The molecule has 0 aliphatic carbocycles. The molecule has 3 rings (SSSR count). The first-order valence-electron chi connectivity index (χ1n) is 6.80. The first-order valence-corrected chi connectivity index (χ1v) is 7.18. The summed E-state index contributed by atoms with van der Waals surface area (Å²) in [6, 6.07) is 6.31. The van der Waals surface area contributed by atoms with Gasteiger partial charge in [0.1, 0.15) is 5.82 Å². The lowest BCUT2D eigenvalue weighted by atomic mass is 9.91. The Morgan fingerprint density at radius 1 is 1.32 bits per heavy atom. The topological polar surface area (TPSA) is 86.7 Å². The molecule has 2 N–H and O–H groups in total. The Morgan fingerprint density at radius 3 is 2.64 bits per heavy atom. The number of carbonyl (C=O) groups is 3. The van der Waals surface area contributed by atoms with E-state index in [1.165, 1.54) is 4.90 Å². The number of ketones is 1. The molecule has 2 aliphatic rings. The van der Waals surface area contributed by atoms with Gasteiger partial charge in [-0.05, 0) is 24.3 Å². The second kappa shape index (κ2) is 5.46. The number of aliphatic carboxylic acids is 1. The number of carbonyl (C=O) groups excluding carboxylic acids is 2. The third-order valence-corrected chi connectivity index (χ3v) is 4.05. The number of carboxylic acid groups (broad SMARTS) is 1. The number of hydrogen-bond acceptors (Lipinski definition) is 4. The Hall–Kier alpha value is -2.34. The van der Waals surface area contributed by atoms with Crippen molar-refractivity contribution in [1.82, 2.24) is 10.2 Å². The number of hydrogen-bond donors (Lipinski definition) is 2. The van der Waals surface area contributed by atoms with Crippen LogP contribution < -0.4 is 5.32 Å². The quantitative estimate of drug-likeness (QED) is 0.816. The number of rotatable bonds is 4. The molecule has 0 saturated carbocycles. The highest BCUT2D eigenvalue weighted by molar-refractivity contribution is 6.30. The van der Waals surface area contributed by atoms with Gasteiger partial charge in [0, 0.05) is 23.7 Å². The molecule has 22 heavy (non-hydrogen) atoms. The highest BCUT2D eigenvalue weighted by Gasteiger charge is 2.45. The van der Waals surface area contributed by atoms with E-state index in [9.17, 15) is 14.4 Å². The van der Waals surface area contributed by atoms with Gasteiger partial charge in [-0.2, -0.15) is 0 Å². The van der Waals surface area contributed by atoms with Crippen LogP contribution in [-0.4, -0.2) is 40.8 Å². The minimum absolute atomic E-state index is 0.229. The second-order valence-electron chi connectivity index (χ2n) is 5.17. The standard InChI is InChI=1S/C15H13ClN2O4/c16-9-3-1-8(2-4-9)13(21)12-10(7-11(19)20)15(22)18-6-5-17-14(12)18/h1-4,10,17H,5-7H2,(H,19,20)/t10-/m0/s1. The first-order chi connectivity index (χ1) is 10.5. The molecule has 1 fully saturated rings. The van der Waals surface area contributed by atoms with E-state index in [1.54, 1.807) is 24.3 Å². The molecule has 2 aliphatic heterocycles. The summed E-state index contributed by atoms with van der Waals surface area (Å²) >= 11 is 5.81. The van der Waals surface area contributed by atoms with Gasteiger partial charge in [-0.25, -0.2) is 0 Å². The van der Waals surface area contributed by atoms with Gasteiger partial charge in [0.05, 0.1) is 17.9 Å². The normalized spacial score (nSPS) is 20.1. The molecule has 1 atom stereocenters. The van der Waals surface area contributed by atoms with Crippen LogP contribution in [0.3, 0.4) is 0 Å². The zero-order valence-corrected chi connectivity index (χ0v) is 12.3. The lowest BCUT2D eigenvalue weighted by molar-refractivity contribution is -0.141. The highest BCUT2D eigenvalue weighted by Crippen LogP contribution is 2.34. The van der Waals surface area contributed by atoms with Gasteiger partial charge in [-0.15, -0.1) is 0 Å². The minimum atomic E-state index is -1.11. The van der Waals surface area contributed by atoms with Crippen LogP contribution in [-0.2, 0) is 9.59 Å². The Kier molecular flexibility index (Phi) is 3.62. The van der Waals surface area contributed by atoms with Crippen LogP contribution in [0.4, 0.5) is 0 Å². The zero-order valence-electron chi connectivity index (χ0n) is 11.5. The van der Waals surface area contributed by atoms with Crippen LogP contribution in [0.1, 0.15) is 16.8 Å². The number of amides is 1. The maximum Gasteiger partial charge on any atom is 0.304 e. The van der Waals surface area contributed by atoms with Gasteiger partial charge >= 0.3 is 5.97 Å². The molecular formula is C15H13ClN2O4. The molecule has 0 bridgehead atoms. The van der Waals surface area contributed by atoms with Crippen molar-refractivity contribution in [3.63, 3.8) is 0 Å². The molecule has 1 aromatic rings. The van der Waals surface area contributed by atoms with Crippen molar-refractivity contribution in [3.05, 3.63) is 46.2 Å². The molecule has 1 amide bonds. The zero-order chi connectivity index (χ0) is 15.9. The summed E-state index contributed by atoms with van der Waals surface area (Å²) in [4.78, 5) is 37.5. The average Bonchev–Trinajstić information content (AvgIpc) is 3.03. The fraction of sp³-hybridized carbons (Fsp3) is 0.267. The number of halogens is 1. The number of nitrogens with one attached hydrogen (secondary N) is 1. The van der Waals surface area contributed by atoms with E-state index in [-0.39, 0.29) is 17.3 Å². The molecule has 1 aromatic carbocycles. The average molecular weight is 321 g/mol. The third-order valence-electron chi connectivity index (χ3n) is 3.80. The number of fused-ring (bicyclic) bond motifs is 1. The summed E-state index contributed by atoms with van der Waals surface area (Å²) in [5.41, 5.74) is 0.609. The van der Waals surface area contributed by atoms with Crippen LogP contribution in [0.5, 0.6) is 0 Å². The summed E-state index contributed by atoms with van der Waals surface area (Å²) in [5.74, 6) is -2.29. The van der Waals surface area contributed by atoms with Crippen LogP contribution in [0, 0.1) is 5.92 Å². The number of Topliss-reactive ketones (excluding diaryl/α,β-unsaturated/α-hetero) is 1. The molecule has 7 heteroatoms. The molecule has 2 heterocycles. The number of benzene rings is 1. The monoisotopic (exact) mass is 320 g/mol. The minimum Gasteiger partial charge on any atom is -0.481 e. The Labute approximate surface area is 131 Å². The smallest absolute Gasteiger partial charge is 0.304 e. The number of carboxylic acids is 1. The van der Waals surface area contributed by atoms with Crippen molar-refractivity contribution in [3.8, 4) is 0 Å². The Balaban J connectivity index is 2.02. The predicted molar refractivity (Wildman–Crippen MR) is 78.3 cm³/mol. The summed E-state index contributed by atoms with van der Waals surface area (Å²) in [5, 5.41) is 12.5. The summed E-state index contributed by atoms with van der Waals surface area (Å²) in [7, 11) is 0. The Morgan fingerprint density at radius 2 is 2.00 bits per heavy atom. The summed E-state index contributed by atoms with van der Waals surface area (Å²) in [6.07, 6.45) is -0.394. The largest absolute Gasteiger partial charge is 0.481 e. The van der Waals surface area contributed by atoms with Crippen molar-refractivity contribution < 1.29 is 19.5 Å². The maximum atomic E-state index is 12.7. The molecule has 0 spiro atoms. The van der Waals surface area contributed by atoms with Gasteiger partial charge in [0.25, 0.3) is 0 Å². The van der Waals surface area contributed by atoms with Crippen LogP contribution in [0.25, 0.3) is 0 Å². The molecule has 0 aromatic heterocycles. The van der Waals surface area contributed by atoms with Crippen LogP contribution in [0.2, 0.25) is 5.02 Å². The van der Waals surface area contributed by atoms with Crippen LogP contribution in [0.15, 0.2) is 35.7 Å². The van der Waals surface area contributed by atoms with Crippen molar-refractivity contribution in [1.29, 1.82) is 0 Å². The maximum absolute atomic E-state index is 12.7. The van der Waals surface area contributed by atoms with E-state index >= 15 is 0 Å². The SMILES string of the molecule is O=C(O)C[C@@H]1C(=O)N2CCNC2=C1C(=O)c1ccc(Cl)cc1. The van der Waals surface area contributed by atoms with E-state index < -0.39 is 18.3 Å². The van der Waals surface area contributed by atoms with Gasteiger partial charge in [0.15, 0.2) is 5.78 Å². The highest BCUT2D eigenvalue weighted by atomic mass is 35.5. The predicted octanol–water partition coefficient (Wildman–Crippen LogP) is 1.27. The van der Waals surface area contributed by atoms with Crippen molar-refractivity contribution in [2.75, 3.05) is 13.1 Å². The fourth-order valence-corrected chi connectivity index (χ4v) is 2.94. The molecule has 0 unspecified atom stereocenters. The molecule has 114 valence electrons. The first kappa shape index (κ1) is 14.6. The van der Waals surface area contributed by atoms with Gasteiger partial charge in [0.2, 0.25) is 5.91 Å². The van der Waals surface area contributed by atoms with E-state index in [4.69, 9.17) is 16.7 Å². The van der Waals surface area contributed by atoms with Gasteiger partial charge in [-0.1, -0.05) is 11.6 Å². The van der Waals surface area contributed by atoms with E-state index in [1.807, 2.05) is 0 Å². The summed E-state index contributed by atoms with van der Waals surface area (Å²) < 4.78 is 0. The fourth-order valence-electron chi connectivity index (χ4n) is 2.82. The van der Waals surface area contributed by atoms with E-state index in [0.29, 0.717) is 29.5 Å². The van der Waals surface area contributed by atoms with Crippen LogP contribution >= 0.6 is 11.6 Å². The van der Waals surface area contributed by atoms with Crippen molar-refractivity contribution >= 4 is 29.3 Å².